The number of nitrogens with zero attached hydrogens (tertiary/aromatic N) is 1. The van der Waals surface area contributed by atoms with Crippen LogP contribution in [0.15, 0.2) is 112 Å². The fourth-order valence-electron chi connectivity index (χ4n) is 8.32. The molecule has 0 saturated carbocycles. The third-order valence-electron chi connectivity index (χ3n) is 10.5. The zero-order valence-corrected chi connectivity index (χ0v) is 30.8. The van der Waals surface area contributed by atoms with E-state index in [1.54, 1.807) is 6.07 Å². The first-order valence-electron chi connectivity index (χ1n) is 17.9. The third-order valence-corrected chi connectivity index (χ3v) is 18.2. The summed E-state index contributed by atoms with van der Waals surface area (Å²) in [6.07, 6.45) is 8.58. The van der Waals surface area contributed by atoms with Gasteiger partial charge in [0.15, 0.2) is 0 Å². The molecule has 8 nitrogen and oxygen atoms in total. The van der Waals surface area contributed by atoms with Gasteiger partial charge in [0.1, 0.15) is 0 Å². The van der Waals surface area contributed by atoms with Crippen molar-refractivity contribution in [3.8, 4) is 0 Å². The van der Waals surface area contributed by atoms with Gasteiger partial charge in [-0.2, -0.15) is 0 Å². The van der Waals surface area contributed by atoms with Crippen LogP contribution in [0.1, 0.15) is 60.0 Å². The summed E-state index contributed by atoms with van der Waals surface area (Å²) < 4.78 is 39.0. The van der Waals surface area contributed by atoms with Crippen LogP contribution in [-0.4, -0.2) is 46.4 Å². The first kappa shape index (κ1) is 35.1. The van der Waals surface area contributed by atoms with Gasteiger partial charge in [-0.3, -0.25) is 0 Å². The fourth-order valence-corrected chi connectivity index (χ4v) is 16.9. The van der Waals surface area contributed by atoms with Crippen LogP contribution in [0.4, 0.5) is 5.69 Å². The molecule has 266 valence electrons. The molecule has 10 heteroatoms. The fraction of sp³-hybridized carbons (Fsp3) is 0.317. The molecule has 51 heavy (non-hydrogen) atoms. The summed E-state index contributed by atoms with van der Waals surface area (Å²) in [6.45, 7) is -1.56. The Labute approximate surface area is 300 Å². The van der Waals surface area contributed by atoms with Crippen molar-refractivity contribution in [3.05, 3.63) is 130 Å². The maximum atomic E-state index is 13.3. The molecule has 0 aliphatic carbocycles. The van der Waals surface area contributed by atoms with Crippen LogP contribution >= 0.6 is 6.83 Å². The van der Waals surface area contributed by atoms with Crippen molar-refractivity contribution >= 4 is 55.4 Å². The second kappa shape index (κ2) is 14.4. The molecule has 2 aliphatic heterocycles. The first-order valence-corrected chi connectivity index (χ1v) is 22.1. The Bertz CT molecular complexity index is 2110. The SMILES string of the molecule is CS(=O)(=O)OP(CCCCCCNC(=O)c1cc2cc3c4c(c2oc1=O)CCCN4CCC3)(c1ccccc1)(c1ccccc1)c1ccccc1. The maximum absolute atomic E-state index is 13.3. The van der Waals surface area contributed by atoms with Gasteiger partial charge >= 0.3 is 240 Å². The number of nitrogens with one attached hydrogen (secondary N) is 1. The van der Waals surface area contributed by atoms with E-state index in [4.69, 9.17) is 8.39 Å². The Kier molecular flexibility index (Phi) is 9.90. The summed E-state index contributed by atoms with van der Waals surface area (Å²) in [6, 6.07) is 33.1. The quantitative estimate of drug-likeness (QED) is 0.0876. The Hall–Kier alpha value is -4.30. The molecule has 0 atom stereocenters. The number of benzene rings is 4. The molecule has 1 amide bonds. The average Bonchev–Trinajstić information content (AvgIpc) is 3.15. The number of rotatable bonds is 13. The van der Waals surface area contributed by atoms with Crippen molar-refractivity contribution in [2.45, 2.75) is 51.4 Å². The Morgan fingerprint density at radius 3 is 1.96 bits per heavy atom. The molecular weight excluding hydrogens is 680 g/mol. The number of hydrogen-bond acceptors (Lipinski definition) is 7. The van der Waals surface area contributed by atoms with E-state index in [0.29, 0.717) is 31.1 Å². The number of aryl methyl sites for hydroxylation is 2. The van der Waals surface area contributed by atoms with Gasteiger partial charge in [0.05, 0.1) is 0 Å². The van der Waals surface area contributed by atoms with E-state index in [0.717, 1.165) is 84.7 Å². The third kappa shape index (κ3) is 6.63. The van der Waals surface area contributed by atoms with E-state index < -0.39 is 28.5 Å². The molecule has 0 fully saturated rings. The minimum absolute atomic E-state index is 0.0296. The normalized spacial score (nSPS) is 15.2. The number of anilines is 1. The number of unbranched alkanes of at least 4 members (excludes halogenated alkanes) is 3. The summed E-state index contributed by atoms with van der Waals surface area (Å²) in [7, 11) is -3.92. The molecule has 0 unspecified atom stereocenters. The molecule has 0 radical (unpaired) electrons. The Morgan fingerprint density at radius 2 is 1.37 bits per heavy atom. The van der Waals surface area contributed by atoms with E-state index >= 15 is 0 Å². The van der Waals surface area contributed by atoms with Crippen molar-refractivity contribution in [2.75, 3.05) is 37.0 Å². The van der Waals surface area contributed by atoms with E-state index in [1.807, 2.05) is 91.0 Å². The number of fused-ring (bicyclic) bond motifs is 2. The molecule has 7 rings (SSSR count). The molecule has 5 aromatic rings. The predicted molar refractivity (Wildman–Crippen MR) is 208 cm³/mol. The van der Waals surface area contributed by atoms with Crippen molar-refractivity contribution in [1.82, 2.24) is 5.32 Å². The summed E-state index contributed by atoms with van der Waals surface area (Å²) in [4.78, 5) is 28.7. The Morgan fingerprint density at radius 1 is 0.804 bits per heavy atom. The van der Waals surface area contributed by atoms with Gasteiger partial charge in [0.2, 0.25) is 0 Å². The minimum atomic E-state index is -4.02. The van der Waals surface area contributed by atoms with Crippen LogP contribution in [0.2, 0.25) is 0 Å². The summed E-state index contributed by atoms with van der Waals surface area (Å²) in [5, 5.41) is 6.31. The molecule has 4 aromatic carbocycles. The van der Waals surface area contributed by atoms with E-state index in [-0.39, 0.29) is 5.56 Å². The topological polar surface area (TPSA) is 106 Å². The van der Waals surface area contributed by atoms with E-state index in [9.17, 15) is 18.0 Å². The van der Waals surface area contributed by atoms with Crippen LogP contribution < -0.4 is 31.8 Å². The second-order valence-corrected chi connectivity index (χ2v) is 20.2. The van der Waals surface area contributed by atoms with Crippen LogP contribution in [0.5, 0.6) is 0 Å². The zero-order valence-electron chi connectivity index (χ0n) is 29.1. The van der Waals surface area contributed by atoms with E-state index in [2.05, 4.69) is 16.3 Å². The Balaban J connectivity index is 1.07. The molecule has 0 saturated heterocycles. The van der Waals surface area contributed by atoms with Crippen LogP contribution in [-0.2, 0) is 26.9 Å². The first-order chi connectivity index (χ1) is 24.7. The zero-order chi connectivity index (χ0) is 35.5. The molecule has 0 bridgehead atoms. The number of carbonyl (C=O) groups excluding carboxylic acids is 1. The van der Waals surface area contributed by atoms with Crippen molar-refractivity contribution < 1.29 is 21.6 Å². The monoisotopic (exact) mass is 724 g/mol. The van der Waals surface area contributed by atoms with Crippen LogP contribution in [0.25, 0.3) is 11.0 Å². The van der Waals surface area contributed by atoms with Crippen LogP contribution in [0.3, 0.4) is 0 Å². The van der Waals surface area contributed by atoms with Gasteiger partial charge < -0.3 is 4.90 Å². The van der Waals surface area contributed by atoms with Gasteiger partial charge in [0, 0.05) is 24.3 Å². The number of carbonyl (C=O) groups is 1. The van der Waals surface area contributed by atoms with Crippen molar-refractivity contribution in [2.24, 2.45) is 0 Å². The van der Waals surface area contributed by atoms with Crippen molar-refractivity contribution in [3.63, 3.8) is 0 Å². The molecule has 1 aromatic heterocycles. The van der Waals surface area contributed by atoms with Gasteiger partial charge in [-0.25, -0.2) is 0 Å². The summed E-state index contributed by atoms with van der Waals surface area (Å²) in [5.41, 5.74) is 3.63. The van der Waals surface area contributed by atoms with Gasteiger partial charge in [-0.05, 0) is 31.2 Å². The standard InChI is InChI=1S/C41H45N2O6PS/c1-51(46,47)49-50(33-18-7-4-8-19-33,34-20-9-5-10-21-34,35-22-11-6-12-23-35)28-14-3-2-13-25-42-40(44)37-30-32-29-31-17-15-26-43-27-16-24-36(38(31)43)39(32)48-41(37)45/h4-12,18-23,29-30H,2-3,13-17,24-28H2,1H3,(H,42,44). The molecule has 3 heterocycles. The second-order valence-electron chi connectivity index (χ2n) is 13.8. The van der Waals surface area contributed by atoms with Crippen molar-refractivity contribution in [1.29, 1.82) is 0 Å². The molecular formula is C41H45N2O6PS. The average molecular weight is 725 g/mol. The predicted octanol–water partition coefficient (Wildman–Crippen LogP) is 6.20. The van der Waals surface area contributed by atoms with Gasteiger partial charge in [-0.15, -0.1) is 0 Å². The van der Waals surface area contributed by atoms with Gasteiger partial charge in [0.25, 0.3) is 0 Å². The molecule has 2 aliphatic rings. The number of hydrogen-bond donors (Lipinski definition) is 1. The van der Waals surface area contributed by atoms with E-state index in [1.165, 1.54) is 11.3 Å². The summed E-state index contributed by atoms with van der Waals surface area (Å²) >= 11 is 0. The molecule has 1 N–H and O–H groups in total. The van der Waals surface area contributed by atoms with Crippen LogP contribution in [0, 0.1) is 0 Å². The van der Waals surface area contributed by atoms with Gasteiger partial charge in [-0.1, -0.05) is 0 Å². The summed E-state index contributed by atoms with van der Waals surface area (Å²) in [5.74, 6) is -0.428. The molecule has 0 spiro atoms. The number of amides is 1.